The number of nitro benzene ring substituents is 1. The van der Waals surface area contributed by atoms with Crippen molar-refractivity contribution in [1.29, 1.82) is 0 Å². The third-order valence-electron chi connectivity index (χ3n) is 4.16. The van der Waals surface area contributed by atoms with E-state index in [4.69, 9.17) is 0 Å². The molecule has 21 heavy (non-hydrogen) atoms. The largest absolute Gasteiger partial charge is 0.389 e. The quantitative estimate of drug-likeness (QED) is 0.643. The molecule has 0 radical (unpaired) electrons. The molecule has 0 amide bonds. The van der Waals surface area contributed by atoms with E-state index in [-0.39, 0.29) is 5.69 Å². The Morgan fingerprint density at radius 3 is 2.57 bits per heavy atom. The number of aliphatic hydroxyl groups excluding tert-OH is 1. The van der Waals surface area contributed by atoms with Gasteiger partial charge in [-0.2, -0.15) is 0 Å². The number of likely N-dealkylation sites (N-methyl/N-ethyl adjacent to an activating group) is 1. The molecule has 2 N–H and O–H groups in total. The topological polar surface area (TPSA) is 86.8 Å². The second kappa shape index (κ2) is 5.99. The summed E-state index contributed by atoms with van der Waals surface area (Å²) in [4.78, 5) is 12.5. The molecule has 1 atom stereocenters. The predicted octanol–water partition coefficient (Wildman–Crippen LogP) is 2.39. The van der Waals surface area contributed by atoms with E-state index in [1.54, 1.807) is 31.0 Å². The van der Waals surface area contributed by atoms with Crippen LogP contribution in [0.1, 0.15) is 44.3 Å². The molecule has 0 saturated heterocycles. The molecule has 0 aromatic heterocycles. The summed E-state index contributed by atoms with van der Waals surface area (Å²) in [5, 5.41) is 31.3. The summed E-state index contributed by atoms with van der Waals surface area (Å²) < 4.78 is 0. The normalized spacial score (nSPS) is 18.5. The number of nitro groups is 1. The molecule has 0 unspecified atom stereocenters. The van der Waals surface area contributed by atoms with Crippen molar-refractivity contribution in [3.05, 3.63) is 33.9 Å². The number of hydrogen-bond donors (Lipinski definition) is 2. The maximum absolute atomic E-state index is 11.3. The zero-order valence-corrected chi connectivity index (χ0v) is 12.5. The van der Waals surface area contributed by atoms with Crippen molar-refractivity contribution in [1.82, 2.24) is 0 Å². The zero-order chi connectivity index (χ0) is 15.6. The average Bonchev–Trinajstić information content (AvgIpc) is 2.84. The highest BCUT2D eigenvalue weighted by atomic mass is 16.6. The van der Waals surface area contributed by atoms with Gasteiger partial charge in [-0.3, -0.25) is 10.1 Å². The van der Waals surface area contributed by atoms with Gasteiger partial charge < -0.3 is 15.1 Å². The van der Waals surface area contributed by atoms with Crippen LogP contribution in [-0.2, 0) is 0 Å². The van der Waals surface area contributed by atoms with Gasteiger partial charge in [0.05, 0.1) is 16.6 Å². The van der Waals surface area contributed by atoms with Gasteiger partial charge in [0.2, 0.25) is 0 Å². The van der Waals surface area contributed by atoms with Crippen molar-refractivity contribution in [2.45, 2.75) is 44.3 Å². The number of nitrogens with zero attached hydrogens (tertiary/aromatic N) is 2. The molecule has 6 heteroatoms. The lowest BCUT2D eigenvalue weighted by molar-refractivity contribution is -0.384. The minimum Gasteiger partial charge on any atom is -0.389 e. The Morgan fingerprint density at radius 2 is 2.05 bits per heavy atom. The highest BCUT2D eigenvalue weighted by molar-refractivity contribution is 5.64. The maximum atomic E-state index is 11.3. The van der Waals surface area contributed by atoms with Gasteiger partial charge in [0.25, 0.3) is 5.69 Å². The molecule has 1 aliphatic carbocycles. The van der Waals surface area contributed by atoms with Gasteiger partial charge in [-0.25, -0.2) is 0 Å². The van der Waals surface area contributed by atoms with E-state index in [0.717, 1.165) is 25.7 Å². The fourth-order valence-electron chi connectivity index (χ4n) is 2.99. The van der Waals surface area contributed by atoms with Gasteiger partial charge in [-0.05, 0) is 31.4 Å². The Balaban J connectivity index is 2.27. The van der Waals surface area contributed by atoms with Crippen LogP contribution in [-0.4, -0.2) is 34.3 Å². The van der Waals surface area contributed by atoms with E-state index < -0.39 is 16.6 Å². The van der Waals surface area contributed by atoms with Gasteiger partial charge in [0.1, 0.15) is 5.69 Å². The van der Waals surface area contributed by atoms with Crippen LogP contribution >= 0.6 is 0 Å². The molecule has 0 heterocycles. The Labute approximate surface area is 124 Å². The summed E-state index contributed by atoms with van der Waals surface area (Å²) in [7, 11) is 1.75. The van der Waals surface area contributed by atoms with Gasteiger partial charge in [-0.1, -0.05) is 18.9 Å². The molecular formula is C15H22N2O4. The number of hydrogen-bond acceptors (Lipinski definition) is 5. The van der Waals surface area contributed by atoms with Crippen LogP contribution in [0, 0.1) is 10.1 Å². The molecule has 2 rings (SSSR count). The molecule has 1 aliphatic rings. The highest BCUT2D eigenvalue weighted by Crippen LogP contribution is 2.35. The first-order valence-corrected chi connectivity index (χ1v) is 7.22. The Bertz CT molecular complexity index is 524. The number of benzene rings is 1. The van der Waals surface area contributed by atoms with Gasteiger partial charge >= 0.3 is 0 Å². The number of anilines is 1. The summed E-state index contributed by atoms with van der Waals surface area (Å²) in [5.41, 5.74) is 0.173. The molecule has 0 bridgehead atoms. The van der Waals surface area contributed by atoms with Gasteiger partial charge in [-0.15, -0.1) is 0 Å². The Kier molecular flexibility index (Phi) is 4.49. The average molecular weight is 294 g/mol. The van der Waals surface area contributed by atoms with Crippen molar-refractivity contribution in [2.24, 2.45) is 0 Å². The van der Waals surface area contributed by atoms with Crippen LogP contribution in [0.5, 0.6) is 0 Å². The summed E-state index contributed by atoms with van der Waals surface area (Å²) in [6.45, 7) is 1.95. The van der Waals surface area contributed by atoms with Crippen molar-refractivity contribution in [2.75, 3.05) is 18.5 Å². The van der Waals surface area contributed by atoms with Crippen molar-refractivity contribution in [3.8, 4) is 0 Å². The van der Waals surface area contributed by atoms with E-state index in [1.165, 1.54) is 6.07 Å². The van der Waals surface area contributed by atoms with Crippen molar-refractivity contribution < 1.29 is 15.1 Å². The molecule has 116 valence electrons. The third-order valence-corrected chi connectivity index (χ3v) is 4.16. The first-order chi connectivity index (χ1) is 9.82. The standard InChI is InChI=1S/C15H22N2O4/c1-11(18)12-5-6-13(14(9-12)17(20)21)16(2)10-15(19)7-3-4-8-15/h5-6,9,11,18-19H,3-4,7-8,10H2,1-2H3/t11-/m1/s1. The Hall–Kier alpha value is -1.66. The smallest absolute Gasteiger partial charge is 0.292 e. The molecule has 1 aromatic rings. The fourth-order valence-corrected chi connectivity index (χ4v) is 2.99. The van der Waals surface area contributed by atoms with E-state index in [2.05, 4.69) is 0 Å². The summed E-state index contributed by atoms with van der Waals surface area (Å²) in [6, 6.07) is 4.72. The number of rotatable bonds is 5. The maximum Gasteiger partial charge on any atom is 0.292 e. The summed E-state index contributed by atoms with van der Waals surface area (Å²) >= 11 is 0. The molecule has 6 nitrogen and oxygen atoms in total. The van der Waals surface area contributed by atoms with E-state index >= 15 is 0 Å². The van der Waals surface area contributed by atoms with E-state index in [1.807, 2.05) is 0 Å². The number of aliphatic hydroxyl groups is 2. The zero-order valence-electron chi connectivity index (χ0n) is 12.5. The van der Waals surface area contributed by atoms with E-state index in [0.29, 0.717) is 17.8 Å². The van der Waals surface area contributed by atoms with Gasteiger partial charge in [0.15, 0.2) is 0 Å². The minimum atomic E-state index is -0.758. The monoisotopic (exact) mass is 294 g/mol. The summed E-state index contributed by atoms with van der Waals surface area (Å²) in [6.07, 6.45) is 2.70. The van der Waals surface area contributed by atoms with E-state index in [9.17, 15) is 20.3 Å². The van der Waals surface area contributed by atoms with Crippen LogP contribution in [0.15, 0.2) is 18.2 Å². The van der Waals surface area contributed by atoms with Crippen LogP contribution in [0.25, 0.3) is 0 Å². The molecule has 1 aromatic carbocycles. The van der Waals surface area contributed by atoms with Crippen molar-refractivity contribution >= 4 is 11.4 Å². The molecule has 1 saturated carbocycles. The second-order valence-corrected chi connectivity index (χ2v) is 5.97. The van der Waals surface area contributed by atoms with Crippen LogP contribution < -0.4 is 4.90 Å². The molecule has 1 fully saturated rings. The van der Waals surface area contributed by atoms with Crippen LogP contribution in [0.3, 0.4) is 0 Å². The first-order valence-electron chi connectivity index (χ1n) is 7.22. The predicted molar refractivity (Wildman–Crippen MR) is 80.4 cm³/mol. The SMILES string of the molecule is C[C@@H](O)c1ccc(N(C)CC2(O)CCCC2)c([N+](=O)[O-])c1. The van der Waals surface area contributed by atoms with Crippen LogP contribution in [0.4, 0.5) is 11.4 Å². The lowest BCUT2D eigenvalue weighted by Gasteiger charge is -2.29. The Morgan fingerprint density at radius 1 is 1.43 bits per heavy atom. The lowest BCUT2D eigenvalue weighted by atomic mass is 10.0. The minimum absolute atomic E-state index is 0.0440. The molecule has 0 spiro atoms. The van der Waals surface area contributed by atoms with Gasteiger partial charge in [0, 0.05) is 19.7 Å². The first kappa shape index (κ1) is 15.7. The lowest BCUT2D eigenvalue weighted by Crippen LogP contribution is -2.39. The molecule has 0 aliphatic heterocycles. The van der Waals surface area contributed by atoms with Crippen LogP contribution in [0.2, 0.25) is 0 Å². The fraction of sp³-hybridized carbons (Fsp3) is 0.600. The molecular weight excluding hydrogens is 272 g/mol. The third kappa shape index (κ3) is 3.51. The van der Waals surface area contributed by atoms with Crippen molar-refractivity contribution in [3.63, 3.8) is 0 Å². The summed E-state index contributed by atoms with van der Waals surface area (Å²) in [5.74, 6) is 0. The second-order valence-electron chi connectivity index (χ2n) is 5.97. The highest BCUT2D eigenvalue weighted by Gasteiger charge is 2.33.